The van der Waals surface area contributed by atoms with Crippen molar-refractivity contribution >= 4 is 22.1 Å². The summed E-state index contributed by atoms with van der Waals surface area (Å²) in [7, 11) is -3.84. The van der Waals surface area contributed by atoms with Crippen LogP contribution in [0, 0.1) is 0 Å². The number of carbonyl (C=O) groups excluding carboxylic acids is 2. The molecule has 0 N–H and O–H groups in total. The smallest absolute Gasteiger partial charge is 0.410 e. The van der Waals surface area contributed by atoms with Gasteiger partial charge in [-0.2, -0.15) is 8.42 Å². The van der Waals surface area contributed by atoms with E-state index in [-0.39, 0.29) is 25.3 Å². The number of rotatable bonds is 6. The summed E-state index contributed by atoms with van der Waals surface area (Å²) >= 11 is 0. The molecule has 0 aliphatic carbocycles. The van der Waals surface area contributed by atoms with Crippen molar-refractivity contribution in [1.82, 2.24) is 9.80 Å². The summed E-state index contributed by atoms with van der Waals surface area (Å²) in [6, 6.07) is 9.32. The maximum absolute atomic E-state index is 13.1. The zero-order valence-corrected chi connectivity index (χ0v) is 19.8. The molecule has 0 saturated carbocycles. The molecule has 178 valence electrons. The van der Waals surface area contributed by atoms with Gasteiger partial charge in [-0.1, -0.05) is 30.3 Å². The van der Waals surface area contributed by atoms with Crippen LogP contribution in [0.15, 0.2) is 30.3 Å². The van der Waals surface area contributed by atoms with Gasteiger partial charge >= 0.3 is 6.09 Å². The lowest BCUT2D eigenvalue weighted by Gasteiger charge is -2.37. The summed E-state index contributed by atoms with van der Waals surface area (Å²) < 4.78 is 40.0. The molecule has 2 heterocycles. The second kappa shape index (κ2) is 9.76. The Morgan fingerprint density at radius 3 is 2.31 bits per heavy atom. The number of benzene rings is 1. The number of piperidine rings is 1. The Labute approximate surface area is 189 Å². The second-order valence-corrected chi connectivity index (χ2v) is 10.8. The van der Waals surface area contributed by atoms with Gasteiger partial charge in [-0.05, 0) is 39.2 Å². The molecule has 32 heavy (non-hydrogen) atoms. The van der Waals surface area contributed by atoms with Crippen LogP contribution in [0.4, 0.5) is 4.79 Å². The van der Waals surface area contributed by atoms with Crippen LogP contribution in [0.25, 0.3) is 0 Å². The van der Waals surface area contributed by atoms with E-state index in [1.807, 2.05) is 51.1 Å². The molecular formula is C22H32N2O7S. The number of ether oxygens (including phenoxy) is 2. The van der Waals surface area contributed by atoms with E-state index in [2.05, 4.69) is 0 Å². The van der Waals surface area contributed by atoms with Gasteiger partial charge in [-0.25, -0.2) is 4.79 Å². The molecule has 0 bridgehead atoms. The van der Waals surface area contributed by atoms with Crippen molar-refractivity contribution in [2.45, 2.75) is 64.1 Å². The zero-order valence-electron chi connectivity index (χ0n) is 19.0. The Morgan fingerprint density at radius 2 is 1.75 bits per heavy atom. The van der Waals surface area contributed by atoms with Crippen molar-refractivity contribution in [3.05, 3.63) is 35.9 Å². The summed E-state index contributed by atoms with van der Waals surface area (Å²) in [6.45, 7) is 6.84. The van der Waals surface area contributed by atoms with Crippen LogP contribution in [0.1, 0.15) is 39.2 Å². The number of carbonyl (C=O) groups is 2. The van der Waals surface area contributed by atoms with Crippen molar-refractivity contribution in [2.24, 2.45) is 0 Å². The zero-order chi connectivity index (χ0) is 23.5. The van der Waals surface area contributed by atoms with Gasteiger partial charge in [0.25, 0.3) is 16.0 Å². The molecule has 10 heteroatoms. The number of nitrogens with zero attached hydrogens (tertiary/aromatic N) is 2. The van der Waals surface area contributed by atoms with E-state index in [9.17, 15) is 18.0 Å². The minimum Gasteiger partial charge on any atom is -0.444 e. The Balaban J connectivity index is 1.64. The lowest BCUT2D eigenvalue weighted by Crippen LogP contribution is -2.49. The SMILES string of the molecule is CC(C)(C)OC(=O)N1CCC(N2CC(OCc3ccccc3)C(OS(C)(=O)=O)C2=O)CC1. The van der Waals surface area contributed by atoms with Crippen LogP contribution in [0.2, 0.25) is 0 Å². The average Bonchev–Trinajstić information content (AvgIpc) is 3.00. The van der Waals surface area contributed by atoms with Crippen molar-refractivity contribution in [2.75, 3.05) is 25.9 Å². The Bertz CT molecular complexity index is 906. The highest BCUT2D eigenvalue weighted by atomic mass is 32.2. The van der Waals surface area contributed by atoms with Gasteiger partial charge in [0.2, 0.25) is 0 Å². The van der Waals surface area contributed by atoms with Gasteiger partial charge in [0.1, 0.15) is 11.7 Å². The van der Waals surface area contributed by atoms with Crippen molar-refractivity contribution < 1.29 is 31.7 Å². The molecule has 1 aromatic rings. The van der Waals surface area contributed by atoms with Crippen molar-refractivity contribution in [3.8, 4) is 0 Å². The average molecular weight is 469 g/mol. The predicted octanol–water partition coefficient (Wildman–Crippen LogP) is 2.16. The van der Waals surface area contributed by atoms with Crippen LogP contribution >= 0.6 is 0 Å². The van der Waals surface area contributed by atoms with Gasteiger partial charge < -0.3 is 19.3 Å². The maximum atomic E-state index is 13.1. The van der Waals surface area contributed by atoms with E-state index in [1.165, 1.54) is 0 Å². The highest BCUT2D eigenvalue weighted by Crippen LogP contribution is 2.28. The van der Waals surface area contributed by atoms with Crippen LogP contribution in [-0.4, -0.2) is 80.0 Å². The fraction of sp³-hybridized carbons (Fsp3) is 0.636. The molecule has 9 nitrogen and oxygen atoms in total. The summed E-state index contributed by atoms with van der Waals surface area (Å²) in [5, 5.41) is 0. The molecule has 2 aliphatic heterocycles. The topological polar surface area (TPSA) is 102 Å². The number of hydrogen-bond acceptors (Lipinski definition) is 7. The highest BCUT2D eigenvalue weighted by Gasteiger charge is 2.47. The van der Waals surface area contributed by atoms with Crippen LogP contribution in [-0.2, 0) is 35.2 Å². The number of amides is 2. The molecule has 2 unspecified atom stereocenters. The quantitative estimate of drug-likeness (QED) is 0.590. The Hall–Kier alpha value is -2.17. The summed E-state index contributed by atoms with van der Waals surface area (Å²) in [5.74, 6) is -0.399. The molecule has 0 spiro atoms. The summed E-state index contributed by atoms with van der Waals surface area (Å²) in [5.41, 5.74) is 0.348. The molecule has 1 aromatic carbocycles. The van der Waals surface area contributed by atoms with Crippen LogP contribution in [0.3, 0.4) is 0 Å². The van der Waals surface area contributed by atoms with E-state index in [1.54, 1.807) is 9.80 Å². The normalized spacial score (nSPS) is 22.9. The summed E-state index contributed by atoms with van der Waals surface area (Å²) in [6.07, 6.45) is -0.217. The van der Waals surface area contributed by atoms with Gasteiger partial charge in [0.05, 0.1) is 19.4 Å². The molecule has 2 saturated heterocycles. The van der Waals surface area contributed by atoms with Gasteiger partial charge in [-0.15, -0.1) is 0 Å². The van der Waals surface area contributed by atoms with E-state index in [4.69, 9.17) is 13.7 Å². The first-order valence-corrected chi connectivity index (χ1v) is 12.6. The lowest BCUT2D eigenvalue weighted by atomic mass is 10.0. The van der Waals surface area contributed by atoms with Gasteiger partial charge in [-0.3, -0.25) is 8.98 Å². The monoisotopic (exact) mass is 468 g/mol. The maximum Gasteiger partial charge on any atom is 0.410 e. The molecule has 2 amide bonds. The molecular weight excluding hydrogens is 436 g/mol. The van der Waals surface area contributed by atoms with E-state index < -0.39 is 33.8 Å². The largest absolute Gasteiger partial charge is 0.444 e. The third kappa shape index (κ3) is 6.66. The molecule has 3 rings (SSSR count). The molecule has 2 aliphatic rings. The minimum absolute atomic E-state index is 0.128. The second-order valence-electron chi connectivity index (χ2n) is 9.25. The predicted molar refractivity (Wildman–Crippen MR) is 117 cm³/mol. The van der Waals surface area contributed by atoms with E-state index in [0.717, 1.165) is 11.8 Å². The molecule has 0 aromatic heterocycles. The first kappa shape index (κ1) is 24.5. The van der Waals surface area contributed by atoms with Crippen LogP contribution in [0.5, 0.6) is 0 Å². The number of likely N-dealkylation sites (tertiary alicyclic amines) is 2. The van der Waals surface area contributed by atoms with Gasteiger partial charge in [0, 0.05) is 19.1 Å². The summed E-state index contributed by atoms with van der Waals surface area (Å²) in [4.78, 5) is 28.6. The van der Waals surface area contributed by atoms with Crippen LogP contribution < -0.4 is 0 Å². The lowest BCUT2D eigenvalue weighted by molar-refractivity contribution is -0.137. The third-order valence-corrected chi connectivity index (χ3v) is 5.94. The number of hydrogen-bond donors (Lipinski definition) is 0. The fourth-order valence-corrected chi connectivity index (χ4v) is 4.51. The minimum atomic E-state index is -3.84. The van der Waals surface area contributed by atoms with E-state index in [0.29, 0.717) is 25.9 Å². The Kier molecular flexibility index (Phi) is 7.46. The third-order valence-electron chi connectivity index (χ3n) is 5.38. The standard InChI is InChI=1S/C22H32N2O7S/c1-22(2,3)30-21(26)23-12-10-17(11-13-23)24-14-18(19(20(24)25)31-32(4,27)28)29-15-16-8-6-5-7-9-16/h5-9,17-19H,10-15H2,1-4H3. The Morgan fingerprint density at radius 1 is 1.12 bits per heavy atom. The van der Waals surface area contributed by atoms with Crippen molar-refractivity contribution in [3.63, 3.8) is 0 Å². The first-order valence-electron chi connectivity index (χ1n) is 10.7. The van der Waals surface area contributed by atoms with Crippen molar-refractivity contribution in [1.29, 1.82) is 0 Å². The highest BCUT2D eigenvalue weighted by molar-refractivity contribution is 7.86. The molecule has 0 radical (unpaired) electrons. The fourth-order valence-electron chi connectivity index (χ4n) is 3.93. The molecule has 2 fully saturated rings. The first-order chi connectivity index (χ1) is 14.9. The molecule has 2 atom stereocenters. The van der Waals surface area contributed by atoms with E-state index >= 15 is 0 Å². The van der Waals surface area contributed by atoms with Gasteiger partial charge in [0.15, 0.2) is 6.10 Å².